The van der Waals surface area contributed by atoms with Crippen molar-refractivity contribution in [3.63, 3.8) is 0 Å². The van der Waals surface area contributed by atoms with Crippen LogP contribution in [-0.2, 0) is 4.74 Å². The summed E-state index contributed by atoms with van der Waals surface area (Å²) < 4.78 is 10.9. The molecule has 0 amide bonds. The van der Waals surface area contributed by atoms with Gasteiger partial charge in [-0.25, -0.2) is 4.79 Å². The van der Waals surface area contributed by atoms with Crippen molar-refractivity contribution >= 4 is 11.7 Å². The molecule has 1 aromatic rings. The van der Waals surface area contributed by atoms with Crippen LogP contribution in [0.5, 0.6) is 5.75 Å². The largest absolute Gasteiger partial charge is 0.488 e. The van der Waals surface area contributed by atoms with E-state index in [1.807, 2.05) is 0 Å². The second-order valence-corrected chi connectivity index (χ2v) is 5.20. The lowest BCUT2D eigenvalue weighted by atomic mass is 10.1. The van der Waals surface area contributed by atoms with E-state index < -0.39 is 0 Å². The van der Waals surface area contributed by atoms with Gasteiger partial charge in [0.1, 0.15) is 5.75 Å². The highest BCUT2D eigenvalue weighted by Gasteiger charge is 2.16. The molecule has 0 radical (unpaired) electrons. The molecule has 0 bridgehead atoms. The maximum absolute atomic E-state index is 11.6. The summed E-state index contributed by atoms with van der Waals surface area (Å²) in [7, 11) is 0. The Hall–Kier alpha value is -1.71. The monoisotopic (exact) mass is 277 g/mol. The molecule has 4 heteroatoms. The van der Waals surface area contributed by atoms with Gasteiger partial charge in [0, 0.05) is 0 Å². The number of nitrogens with two attached hydrogens (primary N) is 1. The minimum atomic E-state index is -0.347. The van der Waals surface area contributed by atoms with Gasteiger partial charge < -0.3 is 15.2 Å². The molecular formula is C16H23NO3. The van der Waals surface area contributed by atoms with Gasteiger partial charge in [-0.15, -0.1) is 0 Å². The van der Waals surface area contributed by atoms with Crippen LogP contribution in [0.2, 0.25) is 0 Å². The molecule has 0 saturated heterocycles. The number of rotatable bonds is 4. The smallest absolute Gasteiger partial charge is 0.338 e. The number of benzene rings is 1. The highest BCUT2D eigenvalue weighted by molar-refractivity contribution is 5.91. The molecule has 0 unspecified atom stereocenters. The lowest BCUT2D eigenvalue weighted by molar-refractivity contribution is 0.0526. The average Bonchev–Trinajstić information content (AvgIpc) is 2.70. The van der Waals surface area contributed by atoms with E-state index in [9.17, 15) is 4.79 Å². The fourth-order valence-electron chi connectivity index (χ4n) is 2.54. The van der Waals surface area contributed by atoms with Gasteiger partial charge >= 0.3 is 5.97 Å². The average molecular weight is 277 g/mol. The van der Waals surface area contributed by atoms with Crippen molar-refractivity contribution in [1.82, 2.24) is 0 Å². The van der Waals surface area contributed by atoms with Crippen LogP contribution in [-0.4, -0.2) is 18.7 Å². The molecule has 0 spiro atoms. The molecule has 2 rings (SSSR count). The van der Waals surface area contributed by atoms with Crippen molar-refractivity contribution in [2.75, 3.05) is 12.3 Å². The highest BCUT2D eigenvalue weighted by Crippen LogP contribution is 2.28. The van der Waals surface area contributed by atoms with Crippen LogP contribution in [0.4, 0.5) is 5.69 Å². The van der Waals surface area contributed by atoms with E-state index in [1.165, 1.54) is 25.7 Å². The standard InChI is InChI=1S/C16H23NO3/c1-2-19-16(18)12-9-10-15(14(17)11-12)20-13-7-5-3-4-6-8-13/h9-11,13H,2-8,17H2,1H3. The fourth-order valence-corrected chi connectivity index (χ4v) is 2.54. The zero-order valence-electron chi connectivity index (χ0n) is 12.1. The third-order valence-electron chi connectivity index (χ3n) is 3.62. The van der Waals surface area contributed by atoms with E-state index in [2.05, 4.69) is 0 Å². The molecule has 1 aromatic carbocycles. The van der Waals surface area contributed by atoms with Crippen molar-refractivity contribution in [3.8, 4) is 5.75 Å². The predicted octanol–water partition coefficient (Wildman–Crippen LogP) is 3.55. The fraction of sp³-hybridized carbons (Fsp3) is 0.562. The zero-order chi connectivity index (χ0) is 14.4. The van der Waals surface area contributed by atoms with Crippen LogP contribution in [0, 0.1) is 0 Å². The summed E-state index contributed by atoms with van der Waals surface area (Å²) in [6.07, 6.45) is 7.41. The summed E-state index contributed by atoms with van der Waals surface area (Å²) in [5.41, 5.74) is 6.95. The lowest BCUT2D eigenvalue weighted by Crippen LogP contribution is -2.16. The summed E-state index contributed by atoms with van der Waals surface area (Å²) in [5.74, 6) is 0.324. The number of anilines is 1. The maximum atomic E-state index is 11.6. The summed E-state index contributed by atoms with van der Waals surface area (Å²) >= 11 is 0. The first-order valence-electron chi connectivity index (χ1n) is 7.44. The van der Waals surface area contributed by atoms with Gasteiger partial charge in [-0.05, 0) is 50.8 Å². The van der Waals surface area contributed by atoms with Crippen LogP contribution >= 0.6 is 0 Å². The van der Waals surface area contributed by atoms with Crippen LogP contribution in [0.3, 0.4) is 0 Å². The molecule has 1 aliphatic rings. The molecule has 0 heterocycles. The predicted molar refractivity (Wildman–Crippen MR) is 78.9 cm³/mol. The lowest BCUT2D eigenvalue weighted by Gasteiger charge is -2.18. The molecule has 1 fully saturated rings. The number of carbonyl (C=O) groups is 1. The number of hydrogen-bond donors (Lipinski definition) is 1. The Morgan fingerprint density at radius 3 is 2.55 bits per heavy atom. The molecule has 0 atom stereocenters. The second kappa shape index (κ2) is 7.17. The minimum Gasteiger partial charge on any atom is -0.488 e. The van der Waals surface area contributed by atoms with Crippen molar-refractivity contribution in [2.45, 2.75) is 51.6 Å². The molecule has 1 aliphatic carbocycles. The molecule has 1 saturated carbocycles. The molecule has 110 valence electrons. The van der Waals surface area contributed by atoms with Crippen molar-refractivity contribution in [1.29, 1.82) is 0 Å². The van der Waals surface area contributed by atoms with Gasteiger partial charge in [-0.3, -0.25) is 0 Å². The van der Waals surface area contributed by atoms with Crippen LogP contribution in [0.1, 0.15) is 55.8 Å². The first-order valence-corrected chi connectivity index (χ1v) is 7.44. The van der Waals surface area contributed by atoms with E-state index in [4.69, 9.17) is 15.2 Å². The number of hydrogen-bond acceptors (Lipinski definition) is 4. The summed E-state index contributed by atoms with van der Waals surface area (Å²) in [6, 6.07) is 5.11. The van der Waals surface area contributed by atoms with Crippen molar-refractivity contribution < 1.29 is 14.3 Å². The first kappa shape index (κ1) is 14.7. The number of carbonyl (C=O) groups excluding carboxylic acids is 1. The van der Waals surface area contributed by atoms with E-state index in [1.54, 1.807) is 25.1 Å². The number of esters is 1. The zero-order valence-corrected chi connectivity index (χ0v) is 12.1. The molecule has 4 nitrogen and oxygen atoms in total. The van der Waals surface area contributed by atoms with Crippen LogP contribution < -0.4 is 10.5 Å². The van der Waals surface area contributed by atoms with E-state index in [0.717, 1.165) is 12.8 Å². The Kier molecular flexibility index (Phi) is 5.27. The Morgan fingerprint density at radius 2 is 1.95 bits per heavy atom. The van der Waals surface area contributed by atoms with Gasteiger partial charge in [0.05, 0.1) is 24.0 Å². The molecule has 20 heavy (non-hydrogen) atoms. The van der Waals surface area contributed by atoms with Gasteiger partial charge in [0.25, 0.3) is 0 Å². The number of nitrogen functional groups attached to an aromatic ring is 1. The molecule has 0 aromatic heterocycles. The summed E-state index contributed by atoms with van der Waals surface area (Å²) in [6.45, 7) is 2.14. The topological polar surface area (TPSA) is 61.5 Å². The Balaban J connectivity index is 2.03. The third-order valence-corrected chi connectivity index (χ3v) is 3.62. The highest BCUT2D eigenvalue weighted by atomic mass is 16.5. The van der Waals surface area contributed by atoms with E-state index >= 15 is 0 Å². The van der Waals surface area contributed by atoms with Crippen LogP contribution in [0.15, 0.2) is 18.2 Å². The quantitative estimate of drug-likeness (QED) is 0.519. The SMILES string of the molecule is CCOC(=O)c1ccc(OC2CCCCCC2)c(N)c1. The van der Waals surface area contributed by atoms with E-state index in [-0.39, 0.29) is 12.1 Å². The van der Waals surface area contributed by atoms with Gasteiger partial charge in [0.2, 0.25) is 0 Å². The Bertz CT molecular complexity index is 451. The summed E-state index contributed by atoms with van der Waals surface area (Å²) in [5, 5.41) is 0. The van der Waals surface area contributed by atoms with Crippen molar-refractivity contribution in [3.05, 3.63) is 23.8 Å². The minimum absolute atomic E-state index is 0.244. The first-order chi connectivity index (χ1) is 9.70. The second-order valence-electron chi connectivity index (χ2n) is 5.20. The summed E-state index contributed by atoms with van der Waals surface area (Å²) in [4.78, 5) is 11.6. The maximum Gasteiger partial charge on any atom is 0.338 e. The normalized spacial score (nSPS) is 16.4. The van der Waals surface area contributed by atoms with Gasteiger partial charge in [-0.2, -0.15) is 0 Å². The van der Waals surface area contributed by atoms with E-state index in [0.29, 0.717) is 23.6 Å². The molecule has 2 N–H and O–H groups in total. The third kappa shape index (κ3) is 3.89. The van der Waals surface area contributed by atoms with Crippen LogP contribution in [0.25, 0.3) is 0 Å². The molecule has 0 aliphatic heterocycles. The Morgan fingerprint density at radius 1 is 1.25 bits per heavy atom. The van der Waals surface area contributed by atoms with Gasteiger partial charge in [-0.1, -0.05) is 12.8 Å². The van der Waals surface area contributed by atoms with Gasteiger partial charge in [0.15, 0.2) is 0 Å². The Labute approximate surface area is 120 Å². The number of ether oxygens (including phenoxy) is 2. The molecular weight excluding hydrogens is 254 g/mol. The van der Waals surface area contributed by atoms with Crippen molar-refractivity contribution in [2.24, 2.45) is 0 Å².